The summed E-state index contributed by atoms with van der Waals surface area (Å²) in [7, 11) is 0. The highest BCUT2D eigenvalue weighted by Gasteiger charge is 2.13. The summed E-state index contributed by atoms with van der Waals surface area (Å²) in [5, 5.41) is 6.22. The number of fused-ring (bicyclic) bond motifs is 5. The molecule has 2 heteroatoms. The minimum Gasteiger partial charge on any atom is -0.380 e. The van der Waals surface area contributed by atoms with Gasteiger partial charge < -0.3 is 5.32 Å². The molecular formula is C19H15NS. The van der Waals surface area contributed by atoms with Gasteiger partial charge in [-0.1, -0.05) is 61.2 Å². The van der Waals surface area contributed by atoms with Crippen LogP contribution >= 0.6 is 11.3 Å². The summed E-state index contributed by atoms with van der Waals surface area (Å²) in [5.74, 6) is 0. The van der Waals surface area contributed by atoms with Crippen LogP contribution in [0.15, 0.2) is 67.3 Å². The maximum Gasteiger partial charge on any atom is 0.0603 e. The van der Waals surface area contributed by atoms with Crippen molar-refractivity contribution in [2.24, 2.45) is 0 Å². The SMILES string of the molecule is C=C1/C=C\C=C/CNc2c1ccc1c2sc2ccccc21. The lowest BCUT2D eigenvalue weighted by atomic mass is 10.0. The van der Waals surface area contributed by atoms with Gasteiger partial charge in [0.1, 0.15) is 0 Å². The Morgan fingerprint density at radius 2 is 1.90 bits per heavy atom. The van der Waals surface area contributed by atoms with Gasteiger partial charge in [0.2, 0.25) is 0 Å². The molecule has 1 aliphatic heterocycles. The van der Waals surface area contributed by atoms with Crippen LogP contribution in [0.1, 0.15) is 5.56 Å². The highest BCUT2D eigenvalue weighted by Crippen LogP contribution is 2.41. The second-order valence-corrected chi connectivity index (χ2v) is 6.21. The minimum absolute atomic E-state index is 0.831. The topological polar surface area (TPSA) is 12.0 Å². The molecule has 4 rings (SSSR count). The van der Waals surface area contributed by atoms with Crippen LogP contribution in [0.5, 0.6) is 0 Å². The van der Waals surface area contributed by atoms with E-state index < -0.39 is 0 Å². The Morgan fingerprint density at radius 1 is 1.00 bits per heavy atom. The molecule has 1 N–H and O–H groups in total. The third-order valence-corrected chi connectivity index (χ3v) is 5.04. The van der Waals surface area contributed by atoms with E-state index in [2.05, 4.69) is 66.5 Å². The summed E-state index contributed by atoms with van der Waals surface area (Å²) in [4.78, 5) is 0. The van der Waals surface area contributed by atoms with Crippen LogP contribution in [0.2, 0.25) is 0 Å². The first-order valence-corrected chi connectivity index (χ1v) is 7.87. The average molecular weight is 289 g/mol. The quantitative estimate of drug-likeness (QED) is 0.567. The Hall–Kier alpha value is -2.32. The fourth-order valence-corrected chi connectivity index (χ4v) is 4.03. The summed E-state index contributed by atoms with van der Waals surface area (Å²) < 4.78 is 2.65. The highest BCUT2D eigenvalue weighted by molar-refractivity contribution is 7.26. The molecule has 21 heavy (non-hydrogen) atoms. The van der Waals surface area contributed by atoms with Crippen molar-refractivity contribution >= 4 is 42.8 Å². The first-order valence-electron chi connectivity index (χ1n) is 7.05. The number of hydrogen-bond donors (Lipinski definition) is 1. The normalized spacial score (nSPS) is 17.6. The second kappa shape index (κ2) is 4.90. The Kier molecular flexibility index (Phi) is 2.90. The van der Waals surface area contributed by atoms with Gasteiger partial charge in [-0.25, -0.2) is 0 Å². The van der Waals surface area contributed by atoms with Gasteiger partial charge in [-0.05, 0) is 11.6 Å². The lowest BCUT2D eigenvalue weighted by Crippen LogP contribution is -2.00. The number of benzene rings is 2. The Bertz CT molecular complexity index is 912. The molecule has 0 fully saturated rings. The summed E-state index contributed by atoms with van der Waals surface area (Å²) in [6, 6.07) is 13.0. The lowest BCUT2D eigenvalue weighted by Gasteiger charge is -2.12. The molecule has 0 unspecified atom stereocenters. The third-order valence-electron chi connectivity index (χ3n) is 3.83. The molecule has 0 spiro atoms. The molecule has 0 atom stereocenters. The van der Waals surface area contributed by atoms with E-state index >= 15 is 0 Å². The molecule has 102 valence electrons. The van der Waals surface area contributed by atoms with Crippen LogP contribution in [-0.2, 0) is 0 Å². The van der Waals surface area contributed by atoms with E-state index in [9.17, 15) is 0 Å². The molecule has 2 heterocycles. The fraction of sp³-hybridized carbons (Fsp3) is 0.0526. The number of thiophene rings is 1. The van der Waals surface area contributed by atoms with Gasteiger partial charge >= 0.3 is 0 Å². The van der Waals surface area contributed by atoms with Gasteiger partial charge in [0.25, 0.3) is 0 Å². The van der Waals surface area contributed by atoms with Crippen molar-refractivity contribution in [3.63, 3.8) is 0 Å². The predicted molar refractivity (Wildman–Crippen MR) is 95.1 cm³/mol. The molecule has 1 aliphatic rings. The van der Waals surface area contributed by atoms with Crippen LogP contribution < -0.4 is 5.32 Å². The van der Waals surface area contributed by atoms with E-state index in [1.807, 2.05) is 17.4 Å². The molecule has 0 bridgehead atoms. The molecule has 0 saturated carbocycles. The van der Waals surface area contributed by atoms with Crippen molar-refractivity contribution in [2.45, 2.75) is 0 Å². The maximum atomic E-state index is 4.20. The zero-order valence-electron chi connectivity index (χ0n) is 11.6. The highest BCUT2D eigenvalue weighted by atomic mass is 32.1. The van der Waals surface area contributed by atoms with E-state index in [0.717, 1.165) is 12.1 Å². The van der Waals surface area contributed by atoms with Crippen molar-refractivity contribution in [2.75, 3.05) is 11.9 Å². The Labute approximate surface area is 127 Å². The molecular weight excluding hydrogens is 274 g/mol. The van der Waals surface area contributed by atoms with Crippen LogP contribution in [-0.4, -0.2) is 6.54 Å². The summed E-state index contributed by atoms with van der Waals surface area (Å²) >= 11 is 1.85. The number of rotatable bonds is 0. The molecule has 0 aliphatic carbocycles. The summed E-state index contributed by atoms with van der Waals surface area (Å²) in [5.41, 5.74) is 3.44. The first kappa shape index (κ1) is 12.4. The predicted octanol–water partition coefficient (Wildman–Crippen LogP) is 5.61. The molecule has 0 saturated heterocycles. The second-order valence-electron chi connectivity index (χ2n) is 5.16. The van der Waals surface area contributed by atoms with Gasteiger partial charge in [-0.3, -0.25) is 0 Å². The average Bonchev–Trinajstić information content (AvgIpc) is 2.91. The summed E-state index contributed by atoms with van der Waals surface area (Å²) in [6.45, 7) is 5.03. The van der Waals surface area contributed by atoms with Gasteiger partial charge in [-0.2, -0.15) is 0 Å². The van der Waals surface area contributed by atoms with E-state index in [-0.39, 0.29) is 0 Å². The van der Waals surface area contributed by atoms with E-state index in [0.29, 0.717) is 0 Å². The van der Waals surface area contributed by atoms with E-state index in [1.165, 1.54) is 31.4 Å². The van der Waals surface area contributed by atoms with Crippen LogP contribution in [0.3, 0.4) is 0 Å². The van der Waals surface area contributed by atoms with Gasteiger partial charge in [0.05, 0.1) is 10.4 Å². The van der Waals surface area contributed by atoms with Crippen molar-refractivity contribution in [3.05, 3.63) is 72.8 Å². The van der Waals surface area contributed by atoms with Crippen LogP contribution in [0.4, 0.5) is 5.69 Å². The largest absolute Gasteiger partial charge is 0.380 e. The van der Waals surface area contributed by atoms with Crippen molar-refractivity contribution in [1.82, 2.24) is 0 Å². The van der Waals surface area contributed by atoms with Crippen LogP contribution in [0.25, 0.3) is 25.7 Å². The van der Waals surface area contributed by atoms with Crippen molar-refractivity contribution < 1.29 is 0 Å². The zero-order valence-corrected chi connectivity index (χ0v) is 12.4. The number of anilines is 1. The zero-order chi connectivity index (χ0) is 14.2. The number of allylic oxidation sites excluding steroid dienone is 4. The first-order chi connectivity index (χ1) is 10.3. The third kappa shape index (κ3) is 1.99. The van der Waals surface area contributed by atoms with Crippen molar-refractivity contribution in [1.29, 1.82) is 0 Å². The molecule has 3 aromatic rings. The Morgan fingerprint density at radius 3 is 2.86 bits per heavy atom. The summed E-state index contributed by atoms with van der Waals surface area (Å²) in [6.07, 6.45) is 8.31. The van der Waals surface area contributed by atoms with Gasteiger partial charge in [-0.15, -0.1) is 11.3 Å². The number of nitrogens with one attached hydrogen (secondary N) is 1. The van der Waals surface area contributed by atoms with Gasteiger partial charge in [0, 0.05) is 27.6 Å². The van der Waals surface area contributed by atoms with E-state index in [4.69, 9.17) is 0 Å². The fourth-order valence-electron chi connectivity index (χ4n) is 2.80. The maximum absolute atomic E-state index is 4.20. The minimum atomic E-state index is 0.831. The van der Waals surface area contributed by atoms with E-state index in [1.54, 1.807) is 0 Å². The monoisotopic (exact) mass is 289 g/mol. The van der Waals surface area contributed by atoms with Crippen molar-refractivity contribution in [3.8, 4) is 0 Å². The Balaban J connectivity index is 2.07. The smallest absolute Gasteiger partial charge is 0.0603 e. The molecule has 0 radical (unpaired) electrons. The molecule has 2 aromatic carbocycles. The molecule has 1 nitrogen and oxygen atoms in total. The van der Waals surface area contributed by atoms with Gasteiger partial charge in [0.15, 0.2) is 0 Å². The molecule has 0 amide bonds. The lowest BCUT2D eigenvalue weighted by molar-refractivity contribution is 1.35. The van der Waals surface area contributed by atoms with Crippen LogP contribution in [0, 0.1) is 0 Å². The number of hydrogen-bond acceptors (Lipinski definition) is 2. The standard InChI is InChI=1S/C19H15NS/c1-13-7-3-2-6-12-20-18-14(13)10-11-16-15-8-4-5-9-17(15)21-19(16)18/h2-11,20H,1,12H2/b6-2-,7-3-. The molecule has 1 aromatic heterocycles.